The van der Waals surface area contributed by atoms with Crippen molar-refractivity contribution in [1.82, 2.24) is 5.32 Å². The molecule has 0 aromatic heterocycles. The first-order valence-electron chi connectivity index (χ1n) is 5.75. The third-order valence-corrected chi connectivity index (χ3v) is 3.27. The number of nitro benzene ring substituents is 1. The number of benzene rings is 1. The Hall–Kier alpha value is -2.05. The fourth-order valence-electron chi connectivity index (χ4n) is 1.66. The van der Waals surface area contributed by atoms with Crippen molar-refractivity contribution in [2.75, 3.05) is 6.54 Å². The highest BCUT2D eigenvalue weighted by Crippen LogP contribution is 2.44. The number of halogens is 2. The van der Waals surface area contributed by atoms with Crippen LogP contribution in [0.2, 0.25) is 0 Å². The van der Waals surface area contributed by atoms with Crippen LogP contribution in [-0.4, -0.2) is 17.4 Å². The van der Waals surface area contributed by atoms with Crippen molar-refractivity contribution in [3.05, 3.63) is 39.4 Å². The van der Waals surface area contributed by atoms with E-state index in [1.807, 2.05) is 6.92 Å². The third kappa shape index (κ3) is 2.69. The SMILES string of the molecule is CC1(CNC(=O)c2c(F)ccc([N+](=O)[O-])c2F)CC1. The average Bonchev–Trinajstić information content (AvgIpc) is 3.05. The summed E-state index contributed by atoms with van der Waals surface area (Å²) in [6.45, 7) is 2.24. The smallest absolute Gasteiger partial charge is 0.305 e. The van der Waals surface area contributed by atoms with E-state index in [4.69, 9.17) is 0 Å². The highest BCUT2D eigenvalue weighted by Gasteiger charge is 2.38. The molecule has 0 unspecified atom stereocenters. The van der Waals surface area contributed by atoms with Crippen LogP contribution in [0.1, 0.15) is 30.1 Å². The summed E-state index contributed by atoms with van der Waals surface area (Å²) < 4.78 is 27.2. The van der Waals surface area contributed by atoms with Gasteiger partial charge in [-0.15, -0.1) is 0 Å². The largest absolute Gasteiger partial charge is 0.351 e. The molecule has 1 aliphatic carbocycles. The van der Waals surface area contributed by atoms with Gasteiger partial charge in [-0.3, -0.25) is 14.9 Å². The number of carbonyl (C=O) groups is 1. The molecule has 1 aromatic carbocycles. The Morgan fingerprint density at radius 3 is 2.63 bits per heavy atom. The quantitative estimate of drug-likeness (QED) is 0.674. The van der Waals surface area contributed by atoms with E-state index in [1.54, 1.807) is 0 Å². The van der Waals surface area contributed by atoms with E-state index in [0.717, 1.165) is 18.9 Å². The first-order valence-corrected chi connectivity index (χ1v) is 5.75. The molecule has 1 amide bonds. The predicted molar refractivity (Wildman–Crippen MR) is 62.7 cm³/mol. The summed E-state index contributed by atoms with van der Waals surface area (Å²) in [6.07, 6.45) is 1.88. The number of hydrogen-bond acceptors (Lipinski definition) is 3. The molecule has 2 rings (SSSR count). The first kappa shape index (κ1) is 13.4. The molecule has 0 radical (unpaired) electrons. The van der Waals surface area contributed by atoms with E-state index in [-0.39, 0.29) is 5.41 Å². The van der Waals surface area contributed by atoms with Crippen LogP contribution >= 0.6 is 0 Å². The predicted octanol–water partition coefficient (Wildman–Crippen LogP) is 2.40. The Morgan fingerprint density at radius 2 is 2.11 bits per heavy atom. The van der Waals surface area contributed by atoms with Gasteiger partial charge in [0.25, 0.3) is 5.91 Å². The molecule has 0 bridgehead atoms. The molecule has 0 atom stereocenters. The Bertz CT molecular complexity index is 556. The summed E-state index contributed by atoms with van der Waals surface area (Å²) in [6, 6.07) is 1.42. The summed E-state index contributed by atoms with van der Waals surface area (Å²) in [5.74, 6) is -3.52. The number of nitro groups is 1. The first-order chi connectivity index (χ1) is 8.84. The van der Waals surface area contributed by atoms with Gasteiger partial charge in [0.1, 0.15) is 11.4 Å². The van der Waals surface area contributed by atoms with Crippen LogP contribution in [0.5, 0.6) is 0 Å². The molecule has 0 aliphatic heterocycles. The Kier molecular flexibility index (Phi) is 3.21. The maximum absolute atomic E-state index is 13.7. The van der Waals surface area contributed by atoms with Crippen LogP contribution < -0.4 is 5.32 Å². The zero-order valence-electron chi connectivity index (χ0n) is 10.2. The van der Waals surface area contributed by atoms with Crippen molar-refractivity contribution in [2.45, 2.75) is 19.8 Å². The van der Waals surface area contributed by atoms with Gasteiger partial charge in [-0.05, 0) is 24.3 Å². The van der Waals surface area contributed by atoms with Crippen molar-refractivity contribution >= 4 is 11.6 Å². The maximum atomic E-state index is 13.7. The third-order valence-electron chi connectivity index (χ3n) is 3.27. The molecule has 1 N–H and O–H groups in total. The number of rotatable bonds is 4. The number of carbonyl (C=O) groups excluding carboxylic acids is 1. The van der Waals surface area contributed by atoms with E-state index in [0.29, 0.717) is 12.6 Å². The normalized spacial score (nSPS) is 15.9. The van der Waals surface area contributed by atoms with E-state index in [1.165, 1.54) is 0 Å². The van der Waals surface area contributed by atoms with Crippen LogP contribution in [0.25, 0.3) is 0 Å². The second-order valence-electron chi connectivity index (χ2n) is 5.01. The maximum Gasteiger partial charge on any atom is 0.305 e. The summed E-state index contributed by atoms with van der Waals surface area (Å²) in [7, 11) is 0. The van der Waals surface area contributed by atoms with Gasteiger partial charge >= 0.3 is 5.69 Å². The summed E-state index contributed by atoms with van der Waals surface area (Å²) in [5.41, 5.74) is -1.84. The molecule has 1 fully saturated rings. The van der Waals surface area contributed by atoms with Crippen LogP contribution in [-0.2, 0) is 0 Å². The Balaban J connectivity index is 2.24. The van der Waals surface area contributed by atoms with Crippen LogP contribution in [0.4, 0.5) is 14.5 Å². The zero-order chi connectivity index (χ0) is 14.2. The molecule has 7 heteroatoms. The fourth-order valence-corrected chi connectivity index (χ4v) is 1.66. The van der Waals surface area contributed by atoms with Gasteiger partial charge in [0.2, 0.25) is 5.82 Å². The highest BCUT2D eigenvalue weighted by atomic mass is 19.1. The molecule has 0 saturated heterocycles. The van der Waals surface area contributed by atoms with Crippen LogP contribution in [0, 0.1) is 27.2 Å². The van der Waals surface area contributed by atoms with Gasteiger partial charge in [0.15, 0.2) is 0 Å². The van der Waals surface area contributed by atoms with Gasteiger partial charge in [-0.25, -0.2) is 4.39 Å². The van der Waals surface area contributed by atoms with E-state index in [9.17, 15) is 23.7 Å². The standard InChI is InChI=1S/C12H12F2N2O3/c1-12(4-5-12)6-15-11(17)9-7(13)2-3-8(10(9)14)16(18)19/h2-3H,4-6H2,1H3,(H,15,17). The molecule has 5 nitrogen and oxygen atoms in total. The van der Waals surface area contributed by atoms with Gasteiger partial charge in [-0.2, -0.15) is 4.39 Å². The average molecular weight is 270 g/mol. The molecule has 19 heavy (non-hydrogen) atoms. The van der Waals surface area contributed by atoms with Crippen molar-refractivity contribution in [1.29, 1.82) is 0 Å². The van der Waals surface area contributed by atoms with Crippen molar-refractivity contribution in [2.24, 2.45) is 5.41 Å². The van der Waals surface area contributed by atoms with Crippen molar-refractivity contribution in [3.8, 4) is 0 Å². The van der Waals surface area contributed by atoms with E-state index < -0.39 is 33.7 Å². The topological polar surface area (TPSA) is 72.2 Å². The van der Waals surface area contributed by atoms with Gasteiger partial charge in [0, 0.05) is 12.6 Å². The highest BCUT2D eigenvalue weighted by molar-refractivity contribution is 5.95. The minimum atomic E-state index is -1.44. The number of nitrogens with zero attached hydrogens (tertiary/aromatic N) is 1. The second-order valence-corrected chi connectivity index (χ2v) is 5.01. The van der Waals surface area contributed by atoms with Gasteiger partial charge in [0.05, 0.1) is 4.92 Å². The summed E-state index contributed by atoms with van der Waals surface area (Å²) in [4.78, 5) is 21.3. The van der Waals surface area contributed by atoms with Crippen LogP contribution in [0.3, 0.4) is 0 Å². The zero-order valence-corrected chi connectivity index (χ0v) is 10.2. The lowest BCUT2D eigenvalue weighted by Gasteiger charge is -2.11. The number of hydrogen-bond donors (Lipinski definition) is 1. The molecule has 0 heterocycles. The minimum Gasteiger partial charge on any atom is -0.351 e. The molecule has 1 saturated carbocycles. The molecular weight excluding hydrogens is 258 g/mol. The number of nitrogens with one attached hydrogen (secondary N) is 1. The molecule has 0 spiro atoms. The van der Waals surface area contributed by atoms with E-state index in [2.05, 4.69) is 5.32 Å². The number of amides is 1. The summed E-state index contributed by atoms with van der Waals surface area (Å²) >= 11 is 0. The minimum absolute atomic E-state index is 0.0245. The lowest BCUT2D eigenvalue weighted by molar-refractivity contribution is -0.387. The Labute approximate surface area is 107 Å². The monoisotopic (exact) mass is 270 g/mol. The molecule has 102 valence electrons. The molecule has 1 aromatic rings. The van der Waals surface area contributed by atoms with Crippen molar-refractivity contribution in [3.63, 3.8) is 0 Å². The Morgan fingerprint density at radius 1 is 1.47 bits per heavy atom. The van der Waals surface area contributed by atoms with Crippen LogP contribution in [0.15, 0.2) is 12.1 Å². The fraction of sp³-hybridized carbons (Fsp3) is 0.417. The molecule has 1 aliphatic rings. The van der Waals surface area contributed by atoms with E-state index >= 15 is 0 Å². The molecular formula is C12H12F2N2O3. The summed E-state index contributed by atoms with van der Waals surface area (Å²) in [5, 5.41) is 13.0. The van der Waals surface area contributed by atoms with Crippen molar-refractivity contribution < 1.29 is 18.5 Å². The van der Waals surface area contributed by atoms with Gasteiger partial charge < -0.3 is 5.32 Å². The van der Waals surface area contributed by atoms with Gasteiger partial charge in [-0.1, -0.05) is 6.92 Å². The second kappa shape index (κ2) is 4.56. The lowest BCUT2D eigenvalue weighted by atomic mass is 10.1. The lowest BCUT2D eigenvalue weighted by Crippen LogP contribution is -2.30.